The van der Waals surface area contributed by atoms with Gasteiger partial charge in [-0.1, -0.05) is 11.8 Å². The van der Waals surface area contributed by atoms with Crippen LogP contribution in [0, 0.1) is 23.2 Å². The number of hydrogen-bond acceptors (Lipinski definition) is 6. The van der Waals surface area contributed by atoms with Crippen molar-refractivity contribution in [2.45, 2.75) is 25.3 Å². The molecule has 1 aliphatic heterocycles. The van der Waals surface area contributed by atoms with Gasteiger partial charge in [-0.2, -0.15) is 0 Å². The quantitative estimate of drug-likeness (QED) is 0.527. The fourth-order valence-electron chi connectivity index (χ4n) is 3.77. The van der Waals surface area contributed by atoms with Gasteiger partial charge in [0.1, 0.15) is 6.04 Å². The highest BCUT2D eigenvalue weighted by atomic mass is 32.2. The minimum Gasteiger partial charge on any atom is -0.467 e. The predicted molar refractivity (Wildman–Crippen MR) is 102 cm³/mol. The van der Waals surface area contributed by atoms with Gasteiger partial charge in [0.25, 0.3) is 5.91 Å². The molecule has 1 saturated heterocycles. The Morgan fingerprint density at radius 3 is 2.43 bits per heavy atom. The smallest absolute Gasteiger partial charge is 0.329 e. The highest BCUT2D eigenvalue weighted by Crippen LogP contribution is 2.54. The number of aliphatic hydroxyl groups excluding tert-OH is 1. The standard InChI is InChI=1S/C20H23NO6S/c1-27-19(24)17(20(16-9-10-16)12-28(25,26)13-20)21-18(23)15-7-5-14(6-8-15)4-2-3-11-22/h5-8,16-17,22H,3,9-13H2,1H3,(H,21,23)/t17-/m1/s1. The van der Waals surface area contributed by atoms with E-state index in [0.29, 0.717) is 17.5 Å². The Bertz CT molecular complexity index is 910. The summed E-state index contributed by atoms with van der Waals surface area (Å²) < 4.78 is 28.6. The first kappa shape index (κ1) is 20.4. The van der Waals surface area contributed by atoms with Crippen LogP contribution in [-0.2, 0) is 19.4 Å². The Balaban J connectivity index is 1.77. The van der Waals surface area contributed by atoms with Crippen LogP contribution in [0.4, 0.5) is 0 Å². The number of methoxy groups -OCH3 is 1. The second-order valence-corrected chi connectivity index (χ2v) is 9.39. The van der Waals surface area contributed by atoms with Gasteiger partial charge in [0, 0.05) is 23.0 Å². The minimum absolute atomic E-state index is 0.0130. The van der Waals surface area contributed by atoms with Gasteiger partial charge in [0.15, 0.2) is 9.84 Å². The zero-order valence-corrected chi connectivity index (χ0v) is 16.4. The minimum atomic E-state index is -3.19. The molecule has 1 amide bonds. The molecule has 0 bridgehead atoms. The highest BCUT2D eigenvalue weighted by molar-refractivity contribution is 7.92. The fraction of sp³-hybridized carbons (Fsp3) is 0.500. The molecule has 28 heavy (non-hydrogen) atoms. The molecule has 0 radical (unpaired) electrons. The Morgan fingerprint density at radius 1 is 1.29 bits per heavy atom. The SMILES string of the molecule is COC(=O)[C@@H](NC(=O)c1ccc(C#CCCO)cc1)C1(C2CC2)CS(=O)(=O)C1. The monoisotopic (exact) mass is 405 g/mol. The van der Waals surface area contributed by atoms with Crippen LogP contribution in [0.3, 0.4) is 0 Å². The topological polar surface area (TPSA) is 110 Å². The summed E-state index contributed by atoms with van der Waals surface area (Å²) in [6.45, 7) is -0.0130. The number of carbonyl (C=O) groups is 2. The van der Waals surface area contributed by atoms with E-state index in [-0.39, 0.29) is 24.0 Å². The van der Waals surface area contributed by atoms with Gasteiger partial charge in [-0.25, -0.2) is 13.2 Å². The molecule has 2 fully saturated rings. The van der Waals surface area contributed by atoms with Gasteiger partial charge in [-0.05, 0) is 43.0 Å². The molecule has 2 aliphatic rings. The first-order valence-corrected chi connectivity index (χ1v) is 10.9. The third-order valence-corrected chi connectivity index (χ3v) is 7.23. The Hall–Kier alpha value is -2.37. The normalized spacial score (nSPS) is 20.1. The average Bonchev–Trinajstić information content (AvgIpc) is 3.49. The molecule has 1 aromatic rings. The summed E-state index contributed by atoms with van der Waals surface area (Å²) in [6.07, 6.45) is 2.06. The van der Waals surface area contributed by atoms with Crippen molar-refractivity contribution in [3.63, 3.8) is 0 Å². The lowest BCUT2D eigenvalue weighted by Crippen LogP contribution is -2.65. The maximum atomic E-state index is 12.7. The van der Waals surface area contributed by atoms with Crippen molar-refractivity contribution < 1.29 is 27.9 Å². The molecule has 1 heterocycles. The first-order valence-electron chi connectivity index (χ1n) is 9.10. The number of amides is 1. The lowest BCUT2D eigenvalue weighted by atomic mass is 9.77. The third-order valence-electron chi connectivity index (χ3n) is 5.27. The zero-order chi connectivity index (χ0) is 20.4. The van der Waals surface area contributed by atoms with Gasteiger partial charge in [0.05, 0.1) is 25.2 Å². The Morgan fingerprint density at radius 2 is 1.93 bits per heavy atom. The number of aliphatic hydroxyl groups is 1. The molecular weight excluding hydrogens is 382 g/mol. The van der Waals surface area contributed by atoms with Gasteiger partial charge >= 0.3 is 5.97 Å². The van der Waals surface area contributed by atoms with E-state index in [4.69, 9.17) is 9.84 Å². The number of esters is 1. The van der Waals surface area contributed by atoms with E-state index in [1.54, 1.807) is 24.3 Å². The summed E-state index contributed by atoms with van der Waals surface area (Å²) in [6, 6.07) is 5.54. The van der Waals surface area contributed by atoms with Gasteiger partial charge in [-0.3, -0.25) is 4.79 Å². The molecule has 7 nitrogen and oxygen atoms in total. The number of nitrogens with one attached hydrogen (secondary N) is 1. The van der Waals surface area contributed by atoms with Crippen molar-refractivity contribution in [3.05, 3.63) is 35.4 Å². The van der Waals surface area contributed by atoms with E-state index < -0.39 is 33.2 Å². The first-order chi connectivity index (χ1) is 13.3. The predicted octanol–water partition coefficient (Wildman–Crippen LogP) is 0.517. The molecule has 2 N–H and O–H groups in total. The van der Waals surface area contributed by atoms with E-state index in [9.17, 15) is 18.0 Å². The van der Waals surface area contributed by atoms with E-state index in [2.05, 4.69) is 17.2 Å². The number of hydrogen-bond donors (Lipinski definition) is 2. The highest BCUT2D eigenvalue weighted by Gasteiger charge is 2.63. The van der Waals surface area contributed by atoms with Crippen molar-refractivity contribution in [3.8, 4) is 11.8 Å². The summed E-state index contributed by atoms with van der Waals surface area (Å²) in [5.74, 6) is 4.47. The van der Waals surface area contributed by atoms with Crippen LogP contribution in [0.15, 0.2) is 24.3 Å². The summed E-state index contributed by atoms with van der Waals surface area (Å²) >= 11 is 0. The molecule has 0 unspecified atom stereocenters. The van der Waals surface area contributed by atoms with Crippen LogP contribution in [-0.4, -0.2) is 56.7 Å². The van der Waals surface area contributed by atoms with Crippen molar-refractivity contribution in [2.24, 2.45) is 11.3 Å². The number of rotatable bonds is 6. The molecule has 0 aromatic heterocycles. The second kappa shape index (κ2) is 7.94. The Kier molecular flexibility index (Phi) is 5.77. The molecule has 1 aromatic carbocycles. The van der Waals surface area contributed by atoms with Crippen molar-refractivity contribution in [1.82, 2.24) is 5.32 Å². The summed E-state index contributed by atoms with van der Waals surface area (Å²) in [5, 5.41) is 11.5. The summed E-state index contributed by atoms with van der Waals surface area (Å²) in [5.41, 5.74) is 0.265. The molecular formula is C20H23NO6S. The van der Waals surface area contributed by atoms with Crippen LogP contribution in [0.5, 0.6) is 0 Å². The van der Waals surface area contributed by atoms with Gasteiger partial charge in [0.2, 0.25) is 0 Å². The van der Waals surface area contributed by atoms with Crippen LogP contribution >= 0.6 is 0 Å². The van der Waals surface area contributed by atoms with Crippen LogP contribution < -0.4 is 5.32 Å². The van der Waals surface area contributed by atoms with Crippen molar-refractivity contribution >= 4 is 21.7 Å². The average molecular weight is 405 g/mol. The van der Waals surface area contributed by atoms with E-state index in [0.717, 1.165) is 12.8 Å². The lowest BCUT2D eigenvalue weighted by molar-refractivity contribution is -0.146. The molecule has 3 rings (SSSR count). The largest absolute Gasteiger partial charge is 0.467 e. The zero-order valence-electron chi connectivity index (χ0n) is 15.6. The number of sulfone groups is 1. The molecule has 1 saturated carbocycles. The molecule has 8 heteroatoms. The second-order valence-electron chi connectivity index (χ2n) is 7.32. The lowest BCUT2D eigenvalue weighted by Gasteiger charge is -2.46. The van der Waals surface area contributed by atoms with Crippen molar-refractivity contribution in [2.75, 3.05) is 25.2 Å². The molecule has 1 atom stereocenters. The molecule has 0 spiro atoms. The Labute approximate surface area is 164 Å². The van der Waals surface area contributed by atoms with Gasteiger partial charge in [-0.15, -0.1) is 0 Å². The number of ether oxygens (including phenoxy) is 1. The summed E-state index contributed by atoms with van der Waals surface area (Å²) in [4.78, 5) is 25.1. The van der Waals surface area contributed by atoms with Gasteiger partial charge < -0.3 is 15.2 Å². The van der Waals surface area contributed by atoms with Crippen LogP contribution in [0.1, 0.15) is 35.2 Å². The molecule has 150 valence electrons. The van der Waals surface area contributed by atoms with Crippen LogP contribution in [0.2, 0.25) is 0 Å². The van der Waals surface area contributed by atoms with Crippen LogP contribution in [0.25, 0.3) is 0 Å². The number of benzene rings is 1. The number of carbonyl (C=O) groups excluding carboxylic acids is 2. The maximum absolute atomic E-state index is 12.7. The van der Waals surface area contributed by atoms with E-state index in [1.165, 1.54) is 7.11 Å². The van der Waals surface area contributed by atoms with Crippen molar-refractivity contribution in [1.29, 1.82) is 0 Å². The van der Waals surface area contributed by atoms with E-state index in [1.807, 2.05) is 0 Å². The molecule has 1 aliphatic carbocycles. The maximum Gasteiger partial charge on any atom is 0.329 e. The van der Waals surface area contributed by atoms with E-state index >= 15 is 0 Å². The third kappa shape index (κ3) is 4.21. The summed E-state index contributed by atoms with van der Waals surface area (Å²) in [7, 11) is -1.96. The fourth-order valence-corrected chi connectivity index (χ4v) is 6.13.